The molecule has 0 saturated carbocycles. The minimum atomic E-state index is -0.306. The number of aliphatic hydroxyl groups excluding tert-OH is 2. The molecule has 2 N–H and O–H groups in total. The van der Waals surface area contributed by atoms with Crippen molar-refractivity contribution >= 4 is 0 Å². The molecule has 0 spiro atoms. The van der Waals surface area contributed by atoms with E-state index in [1.807, 2.05) is 0 Å². The second-order valence-electron chi connectivity index (χ2n) is 3.06. The summed E-state index contributed by atoms with van der Waals surface area (Å²) in [6, 6.07) is 6.03. The monoisotopic (exact) mass is 241 g/mol. The summed E-state index contributed by atoms with van der Waals surface area (Å²) in [6.07, 6.45) is 0.668. The first kappa shape index (κ1) is 15.4. The number of rotatable bonds is 4. The highest BCUT2D eigenvalue weighted by molar-refractivity contribution is 5.33. The fourth-order valence-electron chi connectivity index (χ4n) is 1.11. The quantitative estimate of drug-likeness (QED) is 0.832. The molecule has 0 aromatic heterocycles. The highest BCUT2D eigenvalue weighted by Gasteiger charge is 2.02. The third-order valence-corrected chi connectivity index (χ3v) is 1.85. The number of ether oxygens (including phenoxy) is 1. The van der Waals surface area contributed by atoms with E-state index in [0.29, 0.717) is 17.7 Å². The van der Waals surface area contributed by atoms with Gasteiger partial charge >= 0.3 is 0 Å². The van der Waals surface area contributed by atoms with Gasteiger partial charge in [0.15, 0.2) is 0 Å². The third kappa shape index (κ3) is 6.51. The van der Waals surface area contributed by atoms with Gasteiger partial charge in [-0.2, -0.15) is 5.26 Å². The van der Waals surface area contributed by atoms with Crippen LogP contribution in [0.25, 0.3) is 0 Å². The fraction of sp³-hybridized carbons (Fsp3) is 0.417. The van der Waals surface area contributed by atoms with Crippen LogP contribution < -0.4 is 4.74 Å². The van der Waals surface area contributed by atoms with Gasteiger partial charge in [0.05, 0.1) is 26.2 Å². The Kier molecular flexibility index (Phi) is 8.65. The molecule has 1 aromatic carbocycles. The molecule has 5 heteroatoms. The predicted molar refractivity (Wildman–Crippen MR) is 61.1 cm³/mol. The van der Waals surface area contributed by atoms with Gasteiger partial charge in [-0.25, -0.2) is 4.39 Å². The van der Waals surface area contributed by atoms with Crippen LogP contribution in [0.2, 0.25) is 0 Å². The summed E-state index contributed by atoms with van der Waals surface area (Å²) in [4.78, 5) is 0. The lowest BCUT2D eigenvalue weighted by Crippen LogP contribution is -1.96. The van der Waals surface area contributed by atoms with E-state index in [1.165, 1.54) is 19.2 Å². The molecule has 0 aliphatic heterocycles. The smallest absolute Gasteiger partial charge is 0.123 e. The number of methoxy groups -OCH3 is 1. The molecule has 0 aliphatic rings. The van der Waals surface area contributed by atoms with Crippen molar-refractivity contribution in [2.24, 2.45) is 0 Å². The van der Waals surface area contributed by atoms with Crippen molar-refractivity contribution in [3.05, 3.63) is 29.6 Å². The summed E-state index contributed by atoms with van der Waals surface area (Å²) < 4.78 is 17.6. The largest absolute Gasteiger partial charge is 0.496 e. The van der Waals surface area contributed by atoms with Crippen LogP contribution in [0.15, 0.2) is 18.2 Å². The number of hydrogen-bond acceptors (Lipinski definition) is 4. The van der Waals surface area contributed by atoms with Gasteiger partial charge in [-0.3, -0.25) is 0 Å². The first-order valence-electron chi connectivity index (χ1n) is 5.10. The number of aliphatic hydroxyl groups is 2. The maximum absolute atomic E-state index is 12.7. The van der Waals surface area contributed by atoms with Crippen molar-refractivity contribution in [2.75, 3.05) is 20.3 Å². The summed E-state index contributed by atoms with van der Waals surface area (Å²) in [7, 11) is 1.52. The Morgan fingerprint density at radius 3 is 2.47 bits per heavy atom. The van der Waals surface area contributed by atoms with Crippen LogP contribution in [0.4, 0.5) is 4.39 Å². The Bertz CT molecular complexity index is 363. The van der Waals surface area contributed by atoms with Crippen LogP contribution in [0, 0.1) is 17.1 Å². The molecule has 0 saturated heterocycles. The van der Waals surface area contributed by atoms with Crippen LogP contribution in [-0.4, -0.2) is 30.5 Å². The molecular formula is C12H16FNO3. The van der Waals surface area contributed by atoms with Crippen molar-refractivity contribution in [1.29, 1.82) is 5.26 Å². The number of hydrogen-bond donors (Lipinski definition) is 2. The highest BCUT2D eigenvalue weighted by atomic mass is 19.1. The van der Waals surface area contributed by atoms with Crippen molar-refractivity contribution < 1.29 is 19.3 Å². The SMILES string of the molecule is COc1ccc(F)cc1CCO.N#CCCO. The molecule has 17 heavy (non-hydrogen) atoms. The summed E-state index contributed by atoms with van der Waals surface area (Å²) in [5.41, 5.74) is 0.694. The van der Waals surface area contributed by atoms with Gasteiger partial charge in [-0.05, 0) is 30.2 Å². The van der Waals surface area contributed by atoms with E-state index in [1.54, 1.807) is 12.1 Å². The first-order valence-corrected chi connectivity index (χ1v) is 5.10. The number of nitriles is 1. The minimum Gasteiger partial charge on any atom is -0.496 e. The van der Waals surface area contributed by atoms with Crippen LogP contribution >= 0.6 is 0 Å². The Morgan fingerprint density at radius 2 is 2.06 bits per heavy atom. The molecule has 0 atom stereocenters. The van der Waals surface area contributed by atoms with Crippen LogP contribution in [0.1, 0.15) is 12.0 Å². The van der Waals surface area contributed by atoms with Crippen molar-refractivity contribution in [2.45, 2.75) is 12.8 Å². The van der Waals surface area contributed by atoms with E-state index >= 15 is 0 Å². The third-order valence-electron chi connectivity index (χ3n) is 1.85. The molecule has 0 bridgehead atoms. The number of benzene rings is 1. The van der Waals surface area contributed by atoms with E-state index in [2.05, 4.69) is 0 Å². The molecule has 1 aromatic rings. The Balaban J connectivity index is 0.000000437. The molecule has 0 aliphatic carbocycles. The molecule has 0 heterocycles. The predicted octanol–water partition coefficient (Wildman–Crippen LogP) is 1.26. The Hall–Kier alpha value is -1.64. The van der Waals surface area contributed by atoms with Crippen molar-refractivity contribution in [3.8, 4) is 11.8 Å². The zero-order valence-electron chi connectivity index (χ0n) is 9.69. The van der Waals surface area contributed by atoms with Gasteiger partial charge in [0, 0.05) is 6.61 Å². The zero-order valence-corrected chi connectivity index (χ0v) is 9.69. The molecular weight excluding hydrogens is 225 g/mol. The Labute approximate surface area is 99.9 Å². The van der Waals surface area contributed by atoms with E-state index in [-0.39, 0.29) is 25.5 Å². The van der Waals surface area contributed by atoms with Gasteiger partial charge in [-0.1, -0.05) is 0 Å². The second kappa shape index (κ2) is 9.58. The maximum Gasteiger partial charge on any atom is 0.123 e. The molecule has 0 radical (unpaired) electrons. The molecule has 1 rings (SSSR count). The first-order chi connectivity index (χ1) is 8.19. The molecule has 4 nitrogen and oxygen atoms in total. The van der Waals surface area contributed by atoms with Gasteiger partial charge in [0.25, 0.3) is 0 Å². The lowest BCUT2D eigenvalue weighted by Gasteiger charge is -2.06. The topological polar surface area (TPSA) is 73.5 Å². The van der Waals surface area contributed by atoms with Crippen LogP contribution in [0.3, 0.4) is 0 Å². The average Bonchev–Trinajstić information content (AvgIpc) is 2.32. The minimum absolute atomic E-state index is 0.000185. The van der Waals surface area contributed by atoms with Crippen molar-refractivity contribution in [1.82, 2.24) is 0 Å². The molecule has 0 amide bonds. The van der Waals surface area contributed by atoms with E-state index in [0.717, 1.165) is 0 Å². The van der Waals surface area contributed by atoms with E-state index in [9.17, 15) is 4.39 Å². The standard InChI is InChI=1S/C9H11FO2.C3H5NO/c1-12-9-3-2-8(10)6-7(9)4-5-11;4-2-1-3-5/h2-3,6,11H,4-5H2,1H3;5H,1,3H2. The summed E-state index contributed by atoms with van der Waals surface area (Å²) in [5, 5.41) is 24.2. The molecule has 94 valence electrons. The molecule has 0 fully saturated rings. The van der Waals surface area contributed by atoms with Gasteiger partial charge < -0.3 is 14.9 Å². The summed E-state index contributed by atoms with van der Waals surface area (Å²) in [6.45, 7) is -0.0175. The Morgan fingerprint density at radius 1 is 1.35 bits per heavy atom. The van der Waals surface area contributed by atoms with E-state index in [4.69, 9.17) is 20.2 Å². The average molecular weight is 241 g/mol. The number of nitrogens with zero attached hydrogens (tertiary/aromatic N) is 1. The lowest BCUT2D eigenvalue weighted by atomic mass is 10.1. The van der Waals surface area contributed by atoms with Gasteiger partial charge in [-0.15, -0.1) is 0 Å². The highest BCUT2D eigenvalue weighted by Crippen LogP contribution is 2.19. The normalized spacial score (nSPS) is 8.88. The fourth-order valence-corrected chi connectivity index (χ4v) is 1.11. The van der Waals surface area contributed by atoms with Crippen molar-refractivity contribution in [3.63, 3.8) is 0 Å². The van der Waals surface area contributed by atoms with E-state index < -0.39 is 0 Å². The summed E-state index contributed by atoms with van der Waals surface area (Å²) >= 11 is 0. The number of halogens is 1. The van der Waals surface area contributed by atoms with Gasteiger partial charge in [0.1, 0.15) is 11.6 Å². The van der Waals surface area contributed by atoms with Crippen LogP contribution in [0.5, 0.6) is 5.75 Å². The lowest BCUT2D eigenvalue weighted by molar-refractivity contribution is 0.296. The second-order valence-corrected chi connectivity index (χ2v) is 3.06. The molecule has 0 unspecified atom stereocenters. The maximum atomic E-state index is 12.7. The van der Waals surface area contributed by atoms with Gasteiger partial charge in [0.2, 0.25) is 0 Å². The van der Waals surface area contributed by atoms with Crippen LogP contribution in [-0.2, 0) is 6.42 Å². The summed E-state index contributed by atoms with van der Waals surface area (Å²) in [5.74, 6) is 0.310. The zero-order chi connectivity index (χ0) is 13.1.